The van der Waals surface area contributed by atoms with Crippen LogP contribution < -0.4 is 16.0 Å². The van der Waals surface area contributed by atoms with Crippen molar-refractivity contribution in [1.82, 2.24) is 16.0 Å². The molecule has 160 valence electrons. The van der Waals surface area contributed by atoms with E-state index in [0.29, 0.717) is 6.42 Å². The monoisotopic (exact) mass is 403 g/mol. The van der Waals surface area contributed by atoms with Crippen LogP contribution in [0.5, 0.6) is 0 Å². The number of amides is 3. The minimum Gasteiger partial charge on any atom is -0.362 e. The lowest BCUT2D eigenvalue weighted by atomic mass is 10.0. The van der Waals surface area contributed by atoms with Crippen LogP contribution in [0.2, 0.25) is 0 Å². The van der Waals surface area contributed by atoms with Crippen LogP contribution in [-0.2, 0) is 20.9 Å². The summed E-state index contributed by atoms with van der Waals surface area (Å²) in [6.45, 7) is 2.40. The molecule has 1 aliphatic heterocycles. The summed E-state index contributed by atoms with van der Waals surface area (Å²) in [5, 5.41) is 18.3. The molecule has 2 rings (SSSR count). The van der Waals surface area contributed by atoms with Crippen molar-refractivity contribution >= 4 is 17.7 Å². The Morgan fingerprint density at radius 3 is 2.45 bits per heavy atom. The molecular weight excluding hydrogens is 370 g/mol. The van der Waals surface area contributed by atoms with Crippen LogP contribution in [0.3, 0.4) is 0 Å². The molecule has 29 heavy (non-hydrogen) atoms. The summed E-state index contributed by atoms with van der Waals surface area (Å²) in [6.07, 6.45) is 7.88. The van der Waals surface area contributed by atoms with Gasteiger partial charge in [0.2, 0.25) is 17.5 Å². The highest BCUT2D eigenvalue weighted by atomic mass is 16.3. The first-order valence-electron chi connectivity index (χ1n) is 10.6. The largest absolute Gasteiger partial charge is 0.362 e. The van der Waals surface area contributed by atoms with E-state index in [4.69, 9.17) is 0 Å². The zero-order chi connectivity index (χ0) is 21.1. The van der Waals surface area contributed by atoms with Crippen LogP contribution in [0.4, 0.5) is 0 Å². The average molecular weight is 404 g/mol. The van der Waals surface area contributed by atoms with Gasteiger partial charge in [0, 0.05) is 13.0 Å². The zero-order valence-corrected chi connectivity index (χ0v) is 17.2. The second-order valence-electron chi connectivity index (χ2n) is 7.68. The molecule has 1 fully saturated rings. The Morgan fingerprint density at radius 1 is 1.10 bits per heavy atom. The first-order valence-corrected chi connectivity index (χ1v) is 10.6. The van der Waals surface area contributed by atoms with E-state index in [0.717, 1.165) is 24.8 Å². The average Bonchev–Trinajstić information content (AvgIpc) is 3.00. The summed E-state index contributed by atoms with van der Waals surface area (Å²) >= 11 is 0. The molecule has 2 atom stereocenters. The Balaban J connectivity index is 1.79. The third-order valence-electron chi connectivity index (χ3n) is 5.21. The van der Waals surface area contributed by atoms with Crippen molar-refractivity contribution in [3.05, 3.63) is 35.9 Å². The number of carbonyl (C=O) groups is 3. The first-order chi connectivity index (χ1) is 14.0. The lowest BCUT2D eigenvalue weighted by molar-refractivity contribution is -0.147. The van der Waals surface area contributed by atoms with Crippen LogP contribution in [0, 0.1) is 0 Å². The van der Waals surface area contributed by atoms with E-state index in [1.54, 1.807) is 0 Å². The van der Waals surface area contributed by atoms with Crippen molar-refractivity contribution < 1.29 is 19.5 Å². The van der Waals surface area contributed by atoms with E-state index in [2.05, 4.69) is 22.9 Å². The minimum atomic E-state index is -2.14. The van der Waals surface area contributed by atoms with Crippen molar-refractivity contribution in [2.24, 2.45) is 0 Å². The molecule has 1 aromatic carbocycles. The SMILES string of the molecule is CCCCCCCCCC(=O)N[C@H]1CC(=O)NC1(O)C(=O)NCc1ccccc1. The van der Waals surface area contributed by atoms with Gasteiger partial charge in [-0.1, -0.05) is 75.8 Å². The molecule has 1 aliphatic rings. The summed E-state index contributed by atoms with van der Waals surface area (Å²) < 4.78 is 0. The van der Waals surface area contributed by atoms with Crippen LogP contribution in [0.15, 0.2) is 30.3 Å². The third-order valence-corrected chi connectivity index (χ3v) is 5.21. The Kier molecular flexibility index (Phi) is 9.12. The van der Waals surface area contributed by atoms with Crippen molar-refractivity contribution in [2.75, 3.05) is 0 Å². The van der Waals surface area contributed by atoms with E-state index in [9.17, 15) is 19.5 Å². The molecule has 0 aromatic heterocycles. The predicted octanol–water partition coefficient (Wildman–Crippen LogP) is 2.14. The number of unbranched alkanes of at least 4 members (excludes halogenated alkanes) is 6. The van der Waals surface area contributed by atoms with Gasteiger partial charge in [-0.25, -0.2) is 0 Å². The molecule has 0 aliphatic carbocycles. The van der Waals surface area contributed by atoms with Gasteiger partial charge in [-0.15, -0.1) is 0 Å². The topological polar surface area (TPSA) is 108 Å². The molecule has 7 heteroatoms. The van der Waals surface area contributed by atoms with E-state index in [1.165, 1.54) is 25.7 Å². The van der Waals surface area contributed by atoms with Crippen LogP contribution >= 0.6 is 0 Å². The molecule has 1 heterocycles. The van der Waals surface area contributed by atoms with Gasteiger partial charge in [-0.3, -0.25) is 14.4 Å². The second-order valence-corrected chi connectivity index (χ2v) is 7.68. The fourth-order valence-corrected chi connectivity index (χ4v) is 3.48. The Morgan fingerprint density at radius 2 is 1.76 bits per heavy atom. The van der Waals surface area contributed by atoms with Crippen LogP contribution in [-0.4, -0.2) is 34.6 Å². The lowest BCUT2D eigenvalue weighted by Gasteiger charge is -2.28. The number of nitrogens with one attached hydrogen (secondary N) is 3. The summed E-state index contributed by atoms with van der Waals surface area (Å²) in [5.74, 6) is -1.45. The van der Waals surface area contributed by atoms with Gasteiger partial charge in [0.1, 0.15) is 0 Å². The molecule has 0 spiro atoms. The van der Waals surface area contributed by atoms with Gasteiger partial charge in [0.15, 0.2) is 0 Å². The lowest BCUT2D eigenvalue weighted by Crippen LogP contribution is -2.63. The molecule has 0 saturated carbocycles. The quantitative estimate of drug-likeness (QED) is 0.401. The fraction of sp³-hybridized carbons (Fsp3) is 0.591. The molecule has 1 saturated heterocycles. The molecular formula is C22H33N3O4. The van der Waals surface area contributed by atoms with Crippen molar-refractivity contribution in [2.45, 2.75) is 83.0 Å². The van der Waals surface area contributed by atoms with Crippen molar-refractivity contribution in [3.63, 3.8) is 0 Å². The summed E-state index contributed by atoms with van der Waals surface area (Å²) in [4.78, 5) is 36.6. The van der Waals surface area contributed by atoms with E-state index >= 15 is 0 Å². The number of aliphatic hydroxyl groups is 1. The van der Waals surface area contributed by atoms with Gasteiger partial charge in [0.25, 0.3) is 5.91 Å². The Bertz CT molecular complexity index is 680. The molecule has 1 unspecified atom stereocenters. The number of hydrogen-bond donors (Lipinski definition) is 4. The number of carbonyl (C=O) groups excluding carboxylic acids is 3. The van der Waals surface area contributed by atoms with E-state index < -0.39 is 23.6 Å². The van der Waals surface area contributed by atoms with Gasteiger partial charge < -0.3 is 21.1 Å². The maximum atomic E-state index is 12.5. The second kappa shape index (κ2) is 11.6. The van der Waals surface area contributed by atoms with Gasteiger partial charge in [-0.05, 0) is 12.0 Å². The minimum absolute atomic E-state index is 0.127. The molecule has 0 radical (unpaired) electrons. The first kappa shape index (κ1) is 22.9. The number of benzene rings is 1. The standard InChI is InChI=1S/C22H33N3O4/c1-2-3-4-5-6-7-11-14-19(26)24-18-15-20(27)25-22(18,29)21(28)23-16-17-12-9-8-10-13-17/h8-10,12-13,18,29H,2-7,11,14-16H2,1H3,(H,23,28)(H,24,26)(H,25,27)/t18-,22?/m0/s1. The maximum absolute atomic E-state index is 12.5. The molecule has 0 bridgehead atoms. The maximum Gasteiger partial charge on any atom is 0.275 e. The molecule has 3 amide bonds. The van der Waals surface area contributed by atoms with Crippen LogP contribution in [0.25, 0.3) is 0 Å². The summed E-state index contributed by atoms with van der Waals surface area (Å²) in [7, 11) is 0. The Labute approximate surface area is 172 Å². The molecule has 4 N–H and O–H groups in total. The normalized spacial score (nSPS) is 20.9. The highest BCUT2D eigenvalue weighted by Crippen LogP contribution is 2.19. The van der Waals surface area contributed by atoms with Crippen molar-refractivity contribution in [1.29, 1.82) is 0 Å². The smallest absolute Gasteiger partial charge is 0.275 e. The summed E-state index contributed by atoms with van der Waals surface area (Å²) in [5.41, 5.74) is -1.27. The Hall–Kier alpha value is -2.41. The van der Waals surface area contributed by atoms with Gasteiger partial charge in [0.05, 0.1) is 12.5 Å². The van der Waals surface area contributed by atoms with Crippen LogP contribution in [0.1, 0.15) is 70.3 Å². The van der Waals surface area contributed by atoms with E-state index in [1.807, 2.05) is 30.3 Å². The highest BCUT2D eigenvalue weighted by Gasteiger charge is 2.51. The third kappa shape index (κ3) is 7.16. The number of hydrogen-bond acceptors (Lipinski definition) is 4. The number of rotatable bonds is 12. The van der Waals surface area contributed by atoms with Gasteiger partial charge in [-0.2, -0.15) is 0 Å². The summed E-state index contributed by atoms with van der Waals surface area (Å²) in [6, 6.07) is 8.27. The van der Waals surface area contributed by atoms with Crippen molar-refractivity contribution in [3.8, 4) is 0 Å². The van der Waals surface area contributed by atoms with Gasteiger partial charge >= 0.3 is 0 Å². The molecule has 7 nitrogen and oxygen atoms in total. The fourth-order valence-electron chi connectivity index (χ4n) is 3.48. The predicted molar refractivity (Wildman–Crippen MR) is 111 cm³/mol. The zero-order valence-electron chi connectivity index (χ0n) is 17.2. The molecule has 1 aromatic rings. The van der Waals surface area contributed by atoms with E-state index in [-0.39, 0.29) is 18.9 Å². The highest BCUT2D eigenvalue weighted by molar-refractivity contribution is 5.95.